The molecule has 7 nitrogen and oxygen atoms in total. The van der Waals surface area contributed by atoms with Crippen LogP contribution in [0.3, 0.4) is 0 Å². The highest BCUT2D eigenvalue weighted by atomic mass is 16.5. The van der Waals surface area contributed by atoms with Crippen LogP contribution in [-0.2, 0) is 7.05 Å². The van der Waals surface area contributed by atoms with E-state index >= 15 is 0 Å². The van der Waals surface area contributed by atoms with Crippen LogP contribution in [-0.4, -0.2) is 34.0 Å². The SMILES string of the molecule is COc1cc(OC)nc(NC(C)c2cnn(C)c2)n1. The second-order valence-corrected chi connectivity index (χ2v) is 4.09. The van der Waals surface area contributed by atoms with Crippen molar-refractivity contribution in [2.24, 2.45) is 7.05 Å². The van der Waals surface area contributed by atoms with E-state index in [2.05, 4.69) is 20.4 Å². The fourth-order valence-electron chi connectivity index (χ4n) is 1.62. The lowest BCUT2D eigenvalue weighted by Gasteiger charge is -2.13. The molecule has 0 saturated carbocycles. The molecule has 0 aliphatic rings. The summed E-state index contributed by atoms with van der Waals surface area (Å²) in [4.78, 5) is 8.44. The van der Waals surface area contributed by atoms with Gasteiger partial charge in [0.05, 0.1) is 32.5 Å². The fraction of sp³-hybridized carbons (Fsp3) is 0.417. The van der Waals surface area contributed by atoms with Gasteiger partial charge in [-0.05, 0) is 6.92 Å². The average Bonchev–Trinajstić information content (AvgIpc) is 2.85. The van der Waals surface area contributed by atoms with Gasteiger partial charge in [-0.3, -0.25) is 4.68 Å². The first-order chi connectivity index (χ1) is 9.12. The van der Waals surface area contributed by atoms with Crippen LogP contribution in [0.4, 0.5) is 5.95 Å². The Labute approximate surface area is 111 Å². The molecule has 7 heteroatoms. The molecule has 1 atom stereocenters. The molecular weight excluding hydrogens is 246 g/mol. The highest BCUT2D eigenvalue weighted by Crippen LogP contribution is 2.21. The fourth-order valence-corrected chi connectivity index (χ4v) is 1.62. The zero-order valence-electron chi connectivity index (χ0n) is 11.4. The van der Waals surface area contributed by atoms with Crippen LogP contribution in [0, 0.1) is 0 Å². The van der Waals surface area contributed by atoms with E-state index in [-0.39, 0.29) is 6.04 Å². The summed E-state index contributed by atoms with van der Waals surface area (Å²) in [5.41, 5.74) is 1.05. The summed E-state index contributed by atoms with van der Waals surface area (Å²) in [6.45, 7) is 2.01. The van der Waals surface area contributed by atoms with Crippen LogP contribution in [0.25, 0.3) is 0 Å². The zero-order valence-corrected chi connectivity index (χ0v) is 11.4. The average molecular weight is 263 g/mol. The summed E-state index contributed by atoms with van der Waals surface area (Å²) in [5, 5.41) is 7.32. The minimum atomic E-state index is 0.0329. The molecule has 0 amide bonds. The second kappa shape index (κ2) is 5.55. The van der Waals surface area contributed by atoms with Crippen LogP contribution in [0.5, 0.6) is 11.8 Å². The molecule has 0 aliphatic heterocycles. The Morgan fingerprint density at radius 1 is 1.21 bits per heavy atom. The van der Waals surface area contributed by atoms with E-state index in [1.165, 1.54) is 0 Å². The first kappa shape index (κ1) is 13.1. The van der Waals surface area contributed by atoms with Crippen LogP contribution in [0.2, 0.25) is 0 Å². The maximum Gasteiger partial charge on any atom is 0.229 e. The monoisotopic (exact) mass is 263 g/mol. The van der Waals surface area contributed by atoms with E-state index in [1.807, 2.05) is 20.2 Å². The number of methoxy groups -OCH3 is 2. The molecule has 0 fully saturated rings. The standard InChI is InChI=1S/C12H17N5O2/c1-8(9-6-13-17(2)7-9)14-12-15-10(18-3)5-11(16-12)19-4/h5-8H,1-4H3,(H,14,15,16). The van der Waals surface area contributed by atoms with Gasteiger partial charge in [-0.25, -0.2) is 0 Å². The molecule has 1 unspecified atom stereocenters. The topological polar surface area (TPSA) is 74.1 Å². The van der Waals surface area contributed by atoms with Crippen molar-refractivity contribution >= 4 is 5.95 Å². The number of nitrogens with zero attached hydrogens (tertiary/aromatic N) is 4. The lowest BCUT2D eigenvalue weighted by molar-refractivity contribution is 0.372. The number of nitrogens with one attached hydrogen (secondary N) is 1. The molecular formula is C12H17N5O2. The van der Waals surface area contributed by atoms with Crippen molar-refractivity contribution in [1.29, 1.82) is 0 Å². The van der Waals surface area contributed by atoms with Crippen molar-refractivity contribution in [2.75, 3.05) is 19.5 Å². The van der Waals surface area contributed by atoms with Crippen LogP contribution >= 0.6 is 0 Å². The summed E-state index contributed by atoms with van der Waals surface area (Å²) in [6.07, 6.45) is 3.74. The smallest absolute Gasteiger partial charge is 0.229 e. The number of aryl methyl sites for hydroxylation is 1. The van der Waals surface area contributed by atoms with Crippen LogP contribution in [0.15, 0.2) is 18.5 Å². The van der Waals surface area contributed by atoms with Crippen molar-refractivity contribution in [3.05, 3.63) is 24.0 Å². The molecule has 2 aromatic heterocycles. The molecule has 0 radical (unpaired) electrons. The van der Waals surface area contributed by atoms with Gasteiger partial charge in [-0.2, -0.15) is 15.1 Å². The van der Waals surface area contributed by atoms with Crippen molar-refractivity contribution in [2.45, 2.75) is 13.0 Å². The third-order valence-corrected chi connectivity index (χ3v) is 2.67. The van der Waals surface area contributed by atoms with Gasteiger partial charge in [-0.1, -0.05) is 0 Å². The maximum absolute atomic E-state index is 5.10. The zero-order chi connectivity index (χ0) is 13.8. The number of anilines is 1. The number of hydrogen-bond acceptors (Lipinski definition) is 6. The van der Waals surface area contributed by atoms with Crippen LogP contribution < -0.4 is 14.8 Å². The molecule has 2 rings (SSSR count). The van der Waals surface area contributed by atoms with Gasteiger partial charge in [0.25, 0.3) is 0 Å². The Hall–Kier alpha value is -2.31. The third kappa shape index (κ3) is 3.12. The summed E-state index contributed by atoms with van der Waals surface area (Å²) in [7, 11) is 4.98. The van der Waals surface area contributed by atoms with Gasteiger partial charge in [0.15, 0.2) is 0 Å². The highest BCUT2D eigenvalue weighted by Gasteiger charge is 2.11. The lowest BCUT2D eigenvalue weighted by atomic mass is 10.2. The maximum atomic E-state index is 5.10. The largest absolute Gasteiger partial charge is 0.481 e. The number of aromatic nitrogens is 4. The Morgan fingerprint density at radius 3 is 2.32 bits per heavy atom. The van der Waals surface area contributed by atoms with E-state index in [1.54, 1.807) is 31.2 Å². The van der Waals surface area contributed by atoms with Gasteiger partial charge in [0.1, 0.15) is 0 Å². The summed E-state index contributed by atoms with van der Waals surface area (Å²) in [5.74, 6) is 1.35. The minimum Gasteiger partial charge on any atom is -0.481 e. The molecule has 0 bridgehead atoms. The van der Waals surface area contributed by atoms with Gasteiger partial charge in [0, 0.05) is 18.8 Å². The van der Waals surface area contributed by atoms with E-state index in [0.717, 1.165) is 5.56 Å². The van der Waals surface area contributed by atoms with Gasteiger partial charge < -0.3 is 14.8 Å². The molecule has 0 aromatic carbocycles. The Kier molecular flexibility index (Phi) is 3.84. The van der Waals surface area contributed by atoms with E-state index in [4.69, 9.17) is 9.47 Å². The summed E-state index contributed by atoms with van der Waals surface area (Å²) in [6, 6.07) is 1.66. The molecule has 19 heavy (non-hydrogen) atoms. The van der Waals surface area contributed by atoms with Crippen molar-refractivity contribution < 1.29 is 9.47 Å². The van der Waals surface area contributed by atoms with Crippen LogP contribution in [0.1, 0.15) is 18.5 Å². The number of hydrogen-bond donors (Lipinski definition) is 1. The van der Waals surface area contributed by atoms with Gasteiger partial charge in [-0.15, -0.1) is 0 Å². The van der Waals surface area contributed by atoms with Gasteiger partial charge in [0.2, 0.25) is 17.7 Å². The quantitative estimate of drug-likeness (QED) is 0.879. The predicted octanol–water partition coefficient (Wildman–Crippen LogP) is 1.40. The molecule has 2 aromatic rings. The van der Waals surface area contributed by atoms with E-state index < -0.39 is 0 Å². The third-order valence-electron chi connectivity index (χ3n) is 2.67. The molecule has 0 saturated heterocycles. The first-order valence-corrected chi connectivity index (χ1v) is 5.84. The Balaban J connectivity index is 2.18. The lowest BCUT2D eigenvalue weighted by Crippen LogP contribution is -2.10. The van der Waals surface area contributed by atoms with Crippen molar-refractivity contribution in [3.8, 4) is 11.8 Å². The Bertz CT molecular complexity index is 533. The van der Waals surface area contributed by atoms with Crippen molar-refractivity contribution in [3.63, 3.8) is 0 Å². The van der Waals surface area contributed by atoms with Gasteiger partial charge >= 0.3 is 0 Å². The number of rotatable bonds is 5. The highest BCUT2D eigenvalue weighted by molar-refractivity contribution is 5.36. The summed E-state index contributed by atoms with van der Waals surface area (Å²) < 4.78 is 12.0. The molecule has 1 N–H and O–H groups in total. The molecule has 0 spiro atoms. The first-order valence-electron chi connectivity index (χ1n) is 5.84. The molecule has 0 aliphatic carbocycles. The normalized spacial score (nSPS) is 12.0. The predicted molar refractivity (Wildman–Crippen MR) is 70.4 cm³/mol. The second-order valence-electron chi connectivity index (χ2n) is 4.09. The van der Waals surface area contributed by atoms with E-state index in [9.17, 15) is 0 Å². The van der Waals surface area contributed by atoms with Crippen molar-refractivity contribution in [1.82, 2.24) is 19.7 Å². The minimum absolute atomic E-state index is 0.0329. The molecule has 2 heterocycles. The Morgan fingerprint density at radius 2 is 1.84 bits per heavy atom. The molecule has 102 valence electrons. The van der Waals surface area contributed by atoms with E-state index in [0.29, 0.717) is 17.7 Å². The summed E-state index contributed by atoms with van der Waals surface area (Å²) >= 11 is 0. The number of ether oxygens (including phenoxy) is 2.